The lowest BCUT2D eigenvalue weighted by Gasteiger charge is -2.18. The van der Waals surface area contributed by atoms with Crippen molar-refractivity contribution in [2.75, 3.05) is 13.2 Å². The molecule has 54 heavy (non-hydrogen) atoms. The molecule has 3 N–H and O–H groups in total. The Hall–Kier alpha value is -2.03. The van der Waals surface area contributed by atoms with Crippen LogP contribution in [0.2, 0.25) is 0 Å². The molecule has 0 spiro atoms. The van der Waals surface area contributed by atoms with E-state index >= 15 is 0 Å². The predicted octanol–water partition coefficient (Wildman–Crippen LogP) is 12.1. The monoisotopic (exact) mass is 783 g/mol. The molecule has 9 nitrogen and oxygen atoms in total. The van der Waals surface area contributed by atoms with Crippen molar-refractivity contribution in [2.24, 2.45) is 0 Å². The summed E-state index contributed by atoms with van der Waals surface area (Å²) in [5.41, 5.74) is 0. The van der Waals surface area contributed by atoms with E-state index in [1.54, 1.807) is 6.08 Å². The van der Waals surface area contributed by atoms with Gasteiger partial charge in [0.2, 0.25) is 0 Å². The number of phosphoric acid groups is 1. The van der Waals surface area contributed by atoms with Crippen LogP contribution < -0.4 is 0 Å². The highest BCUT2D eigenvalue weighted by molar-refractivity contribution is 7.46. The number of hydrogen-bond donors (Lipinski definition) is 3. The zero-order chi connectivity index (χ0) is 39.8. The van der Waals surface area contributed by atoms with Gasteiger partial charge in [-0.3, -0.25) is 14.1 Å². The Balaban J connectivity index is 4.04. The second-order valence-corrected chi connectivity index (χ2v) is 15.8. The van der Waals surface area contributed by atoms with Gasteiger partial charge in [0.15, 0.2) is 6.10 Å². The van der Waals surface area contributed by atoms with Gasteiger partial charge in [-0.05, 0) is 44.9 Å². The number of unbranched alkanes of at least 4 members (excludes halogenated alkanes) is 21. The fourth-order valence-corrected chi connectivity index (χ4v) is 6.28. The first-order chi connectivity index (χ1) is 26.2. The number of ether oxygens (including phenoxy) is 2. The Morgan fingerprint density at radius 2 is 1.07 bits per heavy atom. The standard InChI is InChI=1S/C44H79O9P/c1-3-5-7-9-11-12-13-14-15-16-17-18-19-20-21-25-29-33-37-43(46)51-39-42(40-52-54(48,49)50)53-44(47)38-34-30-26-23-22-24-28-32-36-41(45)35-31-27-10-8-6-4-2/h23-24,26-28,31-32,36,41-42,45H,3-22,25,29-30,33-35,37-40H2,1-2H3,(H2,48,49,50)/b26-23-,28-24-,31-27-,36-32+/t41-,42+/m0/s1. The van der Waals surface area contributed by atoms with Gasteiger partial charge in [-0.25, -0.2) is 4.57 Å². The highest BCUT2D eigenvalue weighted by Crippen LogP contribution is 2.36. The zero-order valence-electron chi connectivity index (χ0n) is 34.2. The molecule has 0 aromatic rings. The van der Waals surface area contributed by atoms with Gasteiger partial charge in [0.05, 0.1) is 12.7 Å². The van der Waals surface area contributed by atoms with Crippen LogP contribution >= 0.6 is 7.82 Å². The van der Waals surface area contributed by atoms with E-state index in [-0.39, 0.29) is 19.4 Å². The summed E-state index contributed by atoms with van der Waals surface area (Å²) < 4.78 is 26.3. The number of allylic oxidation sites excluding steroid dienone is 6. The lowest BCUT2D eigenvalue weighted by atomic mass is 10.0. The number of phosphoric ester groups is 1. The van der Waals surface area contributed by atoms with Gasteiger partial charge in [0.25, 0.3) is 0 Å². The normalized spacial score (nSPS) is 13.5. The number of hydrogen-bond acceptors (Lipinski definition) is 7. The summed E-state index contributed by atoms with van der Waals surface area (Å²) in [6, 6.07) is 0. The van der Waals surface area contributed by atoms with E-state index in [1.165, 1.54) is 116 Å². The van der Waals surface area contributed by atoms with Gasteiger partial charge in [-0.1, -0.05) is 184 Å². The van der Waals surface area contributed by atoms with Gasteiger partial charge in [0.1, 0.15) is 6.61 Å². The minimum atomic E-state index is -4.78. The summed E-state index contributed by atoms with van der Waals surface area (Å²) in [6.07, 6.45) is 44.4. The molecule has 0 bridgehead atoms. The molecule has 0 aliphatic carbocycles. The Morgan fingerprint density at radius 1 is 0.574 bits per heavy atom. The van der Waals surface area contributed by atoms with Gasteiger partial charge in [-0.2, -0.15) is 0 Å². The van der Waals surface area contributed by atoms with Crippen LogP contribution in [-0.2, 0) is 28.2 Å². The Morgan fingerprint density at radius 3 is 1.65 bits per heavy atom. The molecule has 0 aliphatic heterocycles. The van der Waals surface area contributed by atoms with Crippen LogP contribution in [0.25, 0.3) is 0 Å². The van der Waals surface area contributed by atoms with Crippen molar-refractivity contribution in [3.05, 3.63) is 48.6 Å². The van der Waals surface area contributed by atoms with Crippen molar-refractivity contribution in [1.29, 1.82) is 0 Å². The van der Waals surface area contributed by atoms with Gasteiger partial charge in [0, 0.05) is 12.8 Å². The number of esters is 2. The predicted molar refractivity (Wildman–Crippen MR) is 222 cm³/mol. The van der Waals surface area contributed by atoms with E-state index in [1.807, 2.05) is 36.5 Å². The molecule has 2 atom stereocenters. The minimum absolute atomic E-state index is 0.105. The van der Waals surface area contributed by atoms with Crippen LogP contribution in [0.15, 0.2) is 48.6 Å². The second-order valence-electron chi connectivity index (χ2n) is 14.5. The second kappa shape index (κ2) is 39.2. The lowest BCUT2D eigenvalue weighted by Crippen LogP contribution is -2.29. The molecular formula is C44H79O9P. The number of carbonyl (C=O) groups excluding carboxylic acids is 2. The summed E-state index contributed by atoms with van der Waals surface area (Å²) >= 11 is 0. The molecule has 0 amide bonds. The molecule has 0 rings (SSSR count). The maximum Gasteiger partial charge on any atom is 0.469 e. The first kappa shape index (κ1) is 52.0. The summed E-state index contributed by atoms with van der Waals surface area (Å²) in [4.78, 5) is 42.8. The minimum Gasteiger partial charge on any atom is -0.462 e. The topological polar surface area (TPSA) is 140 Å². The van der Waals surface area contributed by atoms with Crippen LogP contribution in [0.4, 0.5) is 0 Å². The van der Waals surface area contributed by atoms with Gasteiger partial charge >= 0.3 is 19.8 Å². The van der Waals surface area contributed by atoms with Crippen LogP contribution in [0.5, 0.6) is 0 Å². The molecule has 0 fully saturated rings. The molecule has 0 saturated heterocycles. The molecule has 0 heterocycles. The first-order valence-corrected chi connectivity index (χ1v) is 23.1. The summed E-state index contributed by atoms with van der Waals surface area (Å²) in [5, 5.41) is 10.00. The third-order valence-corrected chi connectivity index (χ3v) is 9.67. The highest BCUT2D eigenvalue weighted by atomic mass is 31.2. The first-order valence-electron chi connectivity index (χ1n) is 21.5. The Labute approximate surface area is 329 Å². The smallest absolute Gasteiger partial charge is 0.462 e. The van der Waals surface area contributed by atoms with Gasteiger partial charge < -0.3 is 24.4 Å². The van der Waals surface area contributed by atoms with Gasteiger partial charge in [-0.15, -0.1) is 0 Å². The average molecular weight is 783 g/mol. The maximum absolute atomic E-state index is 12.4. The molecule has 0 aliphatic rings. The van der Waals surface area contributed by atoms with Crippen molar-refractivity contribution in [2.45, 2.75) is 206 Å². The fourth-order valence-electron chi connectivity index (χ4n) is 5.92. The van der Waals surface area contributed by atoms with Crippen molar-refractivity contribution in [1.82, 2.24) is 0 Å². The van der Waals surface area contributed by atoms with Crippen LogP contribution in [0.1, 0.15) is 194 Å². The van der Waals surface area contributed by atoms with E-state index in [0.717, 1.165) is 25.7 Å². The van der Waals surface area contributed by atoms with Crippen molar-refractivity contribution >= 4 is 19.8 Å². The Bertz CT molecular complexity index is 1030. The van der Waals surface area contributed by atoms with Crippen LogP contribution in [0.3, 0.4) is 0 Å². The molecule has 314 valence electrons. The van der Waals surface area contributed by atoms with Crippen molar-refractivity contribution < 1.29 is 43.0 Å². The molecule has 0 aromatic carbocycles. The molecule has 0 aromatic heterocycles. The highest BCUT2D eigenvalue weighted by Gasteiger charge is 2.22. The SMILES string of the molecule is CCCCC/C=C\C[C@H](O)/C=C/C=C\C/C=C\CCCC(=O)O[C@H](COC(=O)CCCCCCCCCCCCCCCCCCCC)COP(=O)(O)O. The van der Waals surface area contributed by atoms with Crippen molar-refractivity contribution in [3.8, 4) is 0 Å². The summed E-state index contributed by atoms with van der Waals surface area (Å²) in [6.45, 7) is 3.55. The summed E-state index contributed by atoms with van der Waals surface area (Å²) in [5.74, 6) is -0.985. The fraction of sp³-hybridized carbons (Fsp3) is 0.773. The lowest BCUT2D eigenvalue weighted by molar-refractivity contribution is -0.161. The molecule has 0 unspecified atom stereocenters. The number of carbonyl (C=O) groups is 2. The van der Waals surface area contributed by atoms with E-state index in [2.05, 4.69) is 24.4 Å². The third-order valence-electron chi connectivity index (χ3n) is 9.18. The maximum atomic E-state index is 12.4. The quantitative estimate of drug-likeness (QED) is 0.0183. The van der Waals surface area contributed by atoms with E-state index < -0.39 is 38.6 Å². The van der Waals surface area contributed by atoms with Crippen LogP contribution in [-0.4, -0.2) is 52.3 Å². The molecule has 0 radical (unpaired) electrons. The third kappa shape index (κ3) is 41.1. The number of rotatable bonds is 39. The van der Waals surface area contributed by atoms with E-state index in [9.17, 15) is 19.3 Å². The summed E-state index contributed by atoms with van der Waals surface area (Å²) in [7, 11) is -4.78. The largest absolute Gasteiger partial charge is 0.469 e. The number of aliphatic hydroxyl groups excluding tert-OH is 1. The van der Waals surface area contributed by atoms with E-state index in [4.69, 9.17) is 19.3 Å². The number of aliphatic hydroxyl groups is 1. The Kier molecular flexibility index (Phi) is 37.7. The van der Waals surface area contributed by atoms with E-state index in [0.29, 0.717) is 25.7 Å². The molecule has 10 heteroatoms. The van der Waals surface area contributed by atoms with Crippen molar-refractivity contribution in [3.63, 3.8) is 0 Å². The van der Waals surface area contributed by atoms with Crippen LogP contribution in [0, 0.1) is 0 Å². The zero-order valence-corrected chi connectivity index (χ0v) is 35.1. The molecule has 0 saturated carbocycles. The average Bonchev–Trinajstić information content (AvgIpc) is 3.14. The molecular weight excluding hydrogens is 703 g/mol.